The van der Waals surface area contributed by atoms with Crippen molar-refractivity contribution >= 4 is 28.3 Å². The molecule has 1 aromatic heterocycles. The molecule has 1 atom stereocenters. The van der Waals surface area contributed by atoms with Gasteiger partial charge in [0.25, 0.3) is 11.5 Å². The van der Waals surface area contributed by atoms with Gasteiger partial charge in [-0.3, -0.25) is 9.59 Å². The Hall–Kier alpha value is -4.47. The summed E-state index contributed by atoms with van der Waals surface area (Å²) in [6, 6.07) is 15.4. The van der Waals surface area contributed by atoms with E-state index in [-0.39, 0.29) is 18.2 Å². The summed E-state index contributed by atoms with van der Waals surface area (Å²) >= 11 is 0. The highest BCUT2D eigenvalue weighted by molar-refractivity contribution is 6.07. The van der Waals surface area contributed by atoms with Gasteiger partial charge in [-0.1, -0.05) is 55.5 Å². The average molecular weight is 512 g/mol. The van der Waals surface area contributed by atoms with Crippen molar-refractivity contribution in [2.24, 2.45) is 7.05 Å². The van der Waals surface area contributed by atoms with Gasteiger partial charge in [-0.25, -0.2) is 22.4 Å². The Morgan fingerprint density at radius 2 is 1.49 bits per heavy atom. The van der Waals surface area contributed by atoms with Crippen LogP contribution in [0.15, 0.2) is 65.5 Å². The number of ether oxygens (including phenoxy) is 1. The number of aromatic nitrogens is 1. The maximum Gasteiger partial charge on any atom is 0.356 e. The van der Waals surface area contributed by atoms with Crippen LogP contribution in [0.1, 0.15) is 23.8 Å². The van der Waals surface area contributed by atoms with E-state index in [4.69, 9.17) is 4.74 Å². The van der Waals surface area contributed by atoms with Gasteiger partial charge in [0, 0.05) is 24.1 Å². The van der Waals surface area contributed by atoms with Crippen LogP contribution in [0.4, 0.5) is 23.2 Å². The molecule has 4 rings (SSSR count). The number of hydrogen-bond acceptors (Lipinski definition) is 4. The second-order valence-electron chi connectivity index (χ2n) is 8.13. The van der Waals surface area contributed by atoms with Crippen LogP contribution in [0, 0.1) is 23.3 Å². The van der Waals surface area contributed by atoms with E-state index in [1.807, 2.05) is 0 Å². The number of nitrogens with one attached hydrogen (secondary N) is 1. The predicted molar refractivity (Wildman–Crippen MR) is 129 cm³/mol. The molecule has 3 aromatic carbocycles. The van der Waals surface area contributed by atoms with E-state index in [0.717, 1.165) is 4.57 Å². The lowest BCUT2D eigenvalue weighted by Crippen LogP contribution is -2.35. The number of benzene rings is 3. The zero-order chi connectivity index (χ0) is 26.9. The van der Waals surface area contributed by atoms with Gasteiger partial charge in [-0.2, -0.15) is 0 Å². The van der Waals surface area contributed by atoms with Crippen LogP contribution in [0.25, 0.3) is 21.9 Å². The van der Waals surface area contributed by atoms with E-state index < -0.39 is 52.5 Å². The first-order valence-electron chi connectivity index (χ1n) is 11.2. The molecule has 0 spiro atoms. The van der Waals surface area contributed by atoms with Gasteiger partial charge in [0.05, 0.1) is 0 Å². The monoisotopic (exact) mass is 512 g/mol. The van der Waals surface area contributed by atoms with Gasteiger partial charge in [0.1, 0.15) is 11.4 Å². The fourth-order valence-corrected chi connectivity index (χ4v) is 4.00. The molecule has 0 aliphatic rings. The molecule has 0 saturated heterocycles. The Balaban J connectivity index is 1.76. The highest BCUT2D eigenvalue weighted by Crippen LogP contribution is 2.31. The van der Waals surface area contributed by atoms with Crippen LogP contribution < -0.4 is 10.9 Å². The summed E-state index contributed by atoms with van der Waals surface area (Å²) in [5.41, 5.74) is -1.02. The molecule has 0 saturated carbocycles. The summed E-state index contributed by atoms with van der Waals surface area (Å²) in [6.45, 7) is 1.45. The number of anilines is 1. The van der Waals surface area contributed by atoms with Crippen molar-refractivity contribution in [2.75, 3.05) is 5.32 Å². The van der Waals surface area contributed by atoms with Crippen LogP contribution in [0.3, 0.4) is 0 Å². The molecule has 1 N–H and O–H groups in total. The Labute approximate surface area is 208 Å². The van der Waals surface area contributed by atoms with Crippen LogP contribution in [0.2, 0.25) is 0 Å². The molecular weight excluding hydrogens is 492 g/mol. The van der Waals surface area contributed by atoms with Crippen LogP contribution >= 0.6 is 0 Å². The van der Waals surface area contributed by atoms with Gasteiger partial charge in [-0.15, -0.1) is 0 Å². The van der Waals surface area contributed by atoms with Gasteiger partial charge < -0.3 is 14.6 Å². The third-order valence-electron chi connectivity index (χ3n) is 5.83. The molecule has 6 nitrogen and oxygen atoms in total. The molecule has 10 heteroatoms. The molecule has 1 amide bonds. The number of hydrogen-bond donors (Lipinski definition) is 1. The number of carbonyl (C=O) groups excluding carboxylic acids is 2. The highest BCUT2D eigenvalue weighted by atomic mass is 19.2. The van der Waals surface area contributed by atoms with Gasteiger partial charge in [0.15, 0.2) is 29.4 Å². The van der Waals surface area contributed by atoms with Crippen LogP contribution in [0.5, 0.6) is 0 Å². The highest BCUT2D eigenvalue weighted by Gasteiger charge is 2.29. The Morgan fingerprint density at radius 3 is 2.08 bits per heavy atom. The second-order valence-corrected chi connectivity index (χ2v) is 8.13. The summed E-state index contributed by atoms with van der Waals surface area (Å²) < 4.78 is 61.6. The minimum absolute atomic E-state index is 0.00297. The Bertz CT molecular complexity index is 1560. The molecule has 0 radical (unpaired) electrons. The van der Waals surface area contributed by atoms with E-state index in [1.165, 1.54) is 14.0 Å². The quantitative estimate of drug-likeness (QED) is 0.215. The average Bonchev–Trinajstić information content (AvgIpc) is 2.90. The number of pyridine rings is 1. The summed E-state index contributed by atoms with van der Waals surface area (Å²) in [5.74, 6) is -9.31. The number of esters is 1. The summed E-state index contributed by atoms with van der Waals surface area (Å²) in [6.07, 6.45) is -1.76. The maximum absolute atomic E-state index is 14.0. The fourth-order valence-electron chi connectivity index (χ4n) is 4.00. The minimum Gasteiger partial charge on any atom is -0.448 e. The van der Waals surface area contributed by atoms with Crippen molar-refractivity contribution in [1.82, 2.24) is 4.57 Å². The molecule has 0 aliphatic heterocycles. The lowest BCUT2D eigenvalue weighted by molar-refractivity contribution is -0.124. The molecule has 0 bridgehead atoms. The smallest absolute Gasteiger partial charge is 0.356 e. The standard InChI is InChI=1S/C27H20F4N2O4/c1-3-19(25(34)32-23-21(30)17(28)13-18(29)22(23)31)37-27(36)24-20(14-9-5-4-6-10-14)15-11-7-8-12-16(15)26(35)33(24)2/h4-13,19H,3H2,1-2H3,(H,32,34). The second kappa shape index (κ2) is 10.3. The number of rotatable bonds is 6. The fraction of sp³-hybridized carbons (Fsp3) is 0.148. The van der Waals surface area contributed by atoms with Crippen molar-refractivity contribution in [1.29, 1.82) is 0 Å². The van der Waals surface area contributed by atoms with Crippen molar-refractivity contribution in [3.8, 4) is 11.1 Å². The summed E-state index contributed by atoms with van der Waals surface area (Å²) in [7, 11) is 1.37. The lowest BCUT2D eigenvalue weighted by atomic mass is 9.97. The van der Waals surface area contributed by atoms with E-state index >= 15 is 0 Å². The van der Waals surface area contributed by atoms with E-state index in [2.05, 4.69) is 0 Å². The molecular formula is C27H20F4N2O4. The summed E-state index contributed by atoms with van der Waals surface area (Å²) in [5, 5.41) is 2.58. The molecule has 190 valence electrons. The van der Waals surface area contributed by atoms with E-state index in [9.17, 15) is 31.9 Å². The predicted octanol–water partition coefficient (Wildman–Crippen LogP) is 5.34. The number of fused-ring (bicyclic) bond motifs is 1. The first-order valence-corrected chi connectivity index (χ1v) is 11.2. The lowest BCUT2D eigenvalue weighted by Gasteiger charge is -2.20. The zero-order valence-corrected chi connectivity index (χ0v) is 19.7. The number of amides is 1. The van der Waals surface area contributed by atoms with Crippen molar-refractivity contribution in [3.63, 3.8) is 0 Å². The molecule has 4 aromatic rings. The van der Waals surface area contributed by atoms with Crippen molar-refractivity contribution in [3.05, 3.63) is 100.0 Å². The first-order chi connectivity index (χ1) is 17.6. The number of carbonyl (C=O) groups is 2. The molecule has 0 aliphatic carbocycles. The SMILES string of the molecule is CCC(OC(=O)c1c(-c2ccccc2)c2ccccc2c(=O)n1C)C(=O)Nc1c(F)c(F)cc(F)c1F. The van der Waals surface area contributed by atoms with Gasteiger partial charge in [0.2, 0.25) is 0 Å². The maximum atomic E-state index is 14.0. The number of nitrogens with zero attached hydrogens (tertiary/aromatic N) is 1. The zero-order valence-electron chi connectivity index (χ0n) is 19.7. The van der Waals surface area contributed by atoms with Gasteiger partial charge >= 0.3 is 5.97 Å². The van der Waals surface area contributed by atoms with Crippen molar-refractivity contribution < 1.29 is 31.9 Å². The minimum atomic E-state index is -1.81. The molecule has 0 fully saturated rings. The van der Waals surface area contributed by atoms with E-state index in [1.54, 1.807) is 59.9 Å². The normalized spacial score (nSPS) is 11.8. The molecule has 1 heterocycles. The topological polar surface area (TPSA) is 77.4 Å². The Kier molecular flexibility index (Phi) is 7.10. The van der Waals surface area contributed by atoms with Crippen LogP contribution in [-0.2, 0) is 16.6 Å². The largest absolute Gasteiger partial charge is 0.448 e. The van der Waals surface area contributed by atoms with Crippen LogP contribution in [-0.4, -0.2) is 22.5 Å². The van der Waals surface area contributed by atoms with Gasteiger partial charge in [-0.05, 0) is 23.4 Å². The summed E-state index contributed by atoms with van der Waals surface area (Å²) in [4.78, 5) is 39.1. The number of halogens is 4. The van der Waals surface area contributed by atoms with Crippen molar-refractivity contribution in [2.45, 2.75) is 19.4 Å². The third kappa shape index (κ3) is 4.69. The molecule has 37 heavy (non-hydrogen) atoms. The third-order valence-corrected chi connectivity index (χ3v) is 5.83. The Morgan fingerprint density at radius 1 is 0.919 bits per heavy atom. The molecule has 1 unspecified atom stereocenters. The first kappa shape index (κ1) is 25.6. The van der Waals surface area contributed by atoms with E-state index in [0.29, 0.717) is 21.9 Å².